The summed E-state index contributed by atoms with van der Waals surface area (Å²) in [6.07, 6.45) is 4.45. The number of aromatic nitrogens is 1. The lowest BCUT2D eigenvalue weighted by atomic mass is 9.71. The molecule has 3 aromatic rings. The predicted octanol–water partition coefficient (Wildman–Crippen LogP) is 7.72. The SMILES string of the molecule is [2H]C([2H])([2H])c1cnc(-c2ccccc2)cc1-c1ccc(C2([2H])CCC(C)(C)CC2)cc1C([2H])([2H])[2H]. The molecule has 1 nitrogen and oxygen atoms in total. The Hall–Kier alpha value is -2.41. The molecule has 1 heterocycles. The van der Waals surface area contributed by atoms with Crippen LogP contribution in [0.1, 0.15) is 71.7 Å². The van der Waals surface area contributed by atoms with Crippen LogP contribution >= 0.6 is 0 Å². The molecule has 0 unspecified atom stereocenters. The number of benzene rings is 2. The summed E-state index contributed by atoms with van der Waals surface area (Å²) in [5, 5.41) is 0. The Balaban J connectivity index is 1.89. The van der Waals surface area contributed by atoms with Crippen LogP contribution in [0.3, 0.4) is 0 Å². The molecule has 1 aliphatic rings. The van der Waals surface area contributed by atoms with Crippen LogP contribution in [-0.2, 0) is 0 Å². The molecule has 28 heavy (non-hydrogen) atoms. The molecule has 0 atom stereocenters. The third-order valence-electron chi connectivity index (χ3n) is 5.90. The first-order valence-electron chi connectivity index (χ1n) is 13.4. The number of rotatable bonds is 3. The van der Waals surface area contributed by atoms with Gasteiger partial charge >= 0.3 is 0 Å². The van der Waals surface area contributed by atoms with E-state index in [0.29, 0.717) is 35.2 Å². The van der Waals surface area contributed by atoms with Gasteiger partial charge in [0.1, 0.15) is 0 Å². The summed E-state index contributed by atoms with van der Waals surface area (Å²) in [6.45, 7) is -0.535. The van der Waals surface area contributed by atoms with Crippen LogP contribution in [0, 0.1) is 19.1 Å². The van der Waals surface area contributed by atoms with Gasteiger partial charge in [0.25, 0.3) is 0 Å². The van der Waals surface area contributed by atoms with Crippen LogP contribution in [-0.4, -0.2) is 4.98 Å². The maximum absolute atomic E-state index is 9.12. The van der Waals surface area contributed by atoms with Crippen molar-refractivity contribution < 1.29 is 9.60 Å². The van der Waals surface area contributed by atoms with Crippen molar-refractivity contribution in [3.63, 3.8) is 0 Å². The molecule has 4 rings (SSSR count). The van der Waals surface area contributed by atoms with E-state index in [2.05, 4.69) is 18.8 Å². The van der Waals surface area contributed by atoms with Gasteiger partial charge in [0.2, 0.25) is 0 Å². The molecule has 0 amide bonds. The first-order chi connectivity index (χ1) is 16.2. The van der Waals surface area contributed by atoms with Gasteiger partial charge in [-0.1, -0.05) is 62.4 Å². The number of pyridine rings is 1. The Morgan fingerprint density at radius 2 is 1.68 bits per heavy atom. The summed E-state index contributed by atoms with van der Waals surface area (Å²) in [5.74, 6) is -0.853. The van der Waals surface area contributed by atoms with Gasteiger partial charge in [-0.2, -0.15) is 0 Å². The second kappa shape index (κ2) is 7.54. The number of hydrogen-bond acceptors (Lipinski definition) is 1. The van der Waals surface area contributed by atoms with Crippen molar-refractivity contribution in [1.29, 1.82) is 0 Å². The van der Waals surface area contributed by atoms with Crippen molar-refractivity contribution in [2.75, 3.05) is 0 Å². The third-order valence-corrected chi connectivity index (χ3v) is 5.90. The van der Waals surface area contributed by atoms with Crippen LogP contribution in [0.2, 0.25) is 0 Å². The minimum Gasteiger partial charge on any atom is -0.256 e. The Kier molecular flexibility index (Phi) is 3.29. The van der Waals surface area contributed by atoms with Crippen molar-refractivity contribution >= 4 is 0 Å². The largest absolute Gasteiger partial charge is 0.256 e. The lowest BCUT2D eigenvalue weighted by molar-refractivity contribution is 0.224. The second-order valence-electron chi connectivity index (χ2n) is 8.51. The van der Waals surface area contributed by atoms with Crippen LogP contribution in [0.5, 0.6) is 0 Å². The fraction of sp³-hybridized carbons (Fsp3) is 0.370. The molecule has 144 valence electrons. The Morgan fingerprint density at radius 3 is 2.39 bits per heavy atom. The van der Waals surface area contributed by atoms with E-state index in [-0.39, 0.29) is 16.5 Å². The van der Waals surface area contributed by atoms with E-state index in [1.165, 1.54) is 6.20 Å². The van der Waals surface area contributed by atoms with Gasteiger partial charge < -0.3 is 0 Å². The number of hydrogen-bond donors (Lipinski definition) is 0. The molecular formula is C27H31N. The highest BCUT2D eigenvalue weighted by molar-refractivity contribution is 5.75. The Bertz CT molecular complexity index is 1200. The summed E-state index contributed by atoms with van der Waals surface area (Å²) < 4.78 is 58.1. The molecule has 0 saturated heterocycles. The summed E-state index contributed by atoms with van der Waals surface area (Å²) >= 11 is 0. The molecule has 1 heteroatoms. The first kappa shape index (κ1) is 12.2. The minimum absolute atomic E-state index is 0.00966. The van der Waals surface area contributed by atoms with E-state index < -0.39 is 19.6 Å². The molecule has 1 aromatic heterocycles. The average Bonchev–Trinajstić information content (AvgIpc) is 2.80. The zero-order valence-electron chi connectivity index (χ0n) is 23.5. The zero-order valence-corrected chi connectivity index (χ0v) is 16.5. The fourth-order valence-electron chi connectivity index (χ4n) is 3.96. The van der Waals surface area contributed by atoms with Gasteiger partial charge in [0.05, 0.1) is 5.69 Å². The zero-order chi connectivity index (χ0) is 25.6. The molecule has 1 aliphatic carbocycles. The predicted molar refractivity (Wildman–Crippen MR) is 120 cm³/mol. The molecule has 1 saturated carbocycles. The number of aryl methyl sites for hydroxylation is 2. The quantitative estimate of drug-likeness (QED) is 0.456. The van der Waals surface area contributed by atoms with Crippen molar-refractivity contribution in [1.82, 2.24) is 4.98 Å². The lowest BCUT2D eigenvalue weighted by Gasteiger charge is -2.34. The Morgan fingerprint density at radius 1 is 0.929 bits per heavy atom. The molecule has 0 spiro atoms. The van der Waals surface area contributed by atoms with Gasteiger partial charge in [-0.05, 0) is 84.6 Å². The van der Waals surface area contributed by atoms with Crippen molar-refractivity contribution in [3.8, 4) is 22.4 Å². The van der Waals surface area contributed by atoms with E-state index in [0.717, 1.165) is 18.4 Å². The standard InChI is InChI=1S/C27H31N/c1-19-16-23(21-12-14-27(3,4)15-13-21)10-11-24(19)25-17-26(28-18-20(25)2)22-8-6-5-7-9-22/h5-11,16-18,21H,12-15H2,1-4H3/i1D3,2D3,21D. The molecule has 1 fully saturated rings. The maximum Gasteiger partial charge on any atom is 0.0708 e. The molecule has 0 aliphatic heterocycles. The summed E-state index contributed by atoms with van der Waals surface area (Å²) in [7, 11) is 0. The minimum atomic E-state index is -2.47. The topological polar surface area (TPSA) is 12.9 Å². The normalized spacial score (nSPS) is 22.6. The fourth-order valence-corrected chi connectivity index (χ4v) is 3.96. The third kappa shape index (κ3) is 3.90. The van der Waals surface area contributed by atoms with E-state index in [1.807, 2.05) is 36.4 Å². The highest BCUT2D eigenvalue weighted by atomic mass is 14.7. The van der Waals surface area contributed by atoms with Crippen LogP contribution in [0.15, 0.2) is 60.8 Å². The van der Waals surface area contributed by atoms with Crippen LogP contribution in [0.4, 0.5) is 0 Å². The molecule has 2 aromatic carbocycles. The van der Waals surface area contributed by atoms with Crippen molar-refractivity contribution in [3.05, 3.63) is 77.5 Å². The lowest BCUT2D eigenvalue weighted by Crippen LogP contribution is -2.20. The molecule has 0 bridgehead atoms. The van der Waals surface area contributed by atoms with E-state index >= 15 is 0 Å². The monoisotopic (exact) mass is 376 g/mol. The van der Waals surface area contributed by atoms with E-state index in [1.54, 1.807) is 18.2 Å². The van der Waals surface area contributed by atoms with Gasteiger partial charge in [0.15, 0.2) is 0 Å². The molecule has 0 radical (unpaired) electrons. The summed E-state index contributed by atoms with van der Waals surface area (Å²) in [4.78, 5) is 4.38. The maximum atomic E-state index is 9.12. The molecule has 0 N–H and O–H groups in total. The average molecular weight is 377 g/mol. The summed E-state index contributed by atoms with van der Waals surface area (Å²) in [5.41, 5.74) is 3.00. The summed E-state index contributed by atoms with van der Waals surface area (Å²) in [6, 6.07) is 16.2. The van der Waals surface area contributed by atoms with Gasteiger partial charge in [-0.15, -0.1) is 0 Å². The Labute approximate surface area is 179 Å². The highest BCUT2D eigenvalue weighted by Crippen LogP contribution is 2.43. The smallest absolute Gasteiger partial charge is 0.0708 e. The van der Waals surface area contributed by atoms with Gasteiger partial charge in [-0.25, -0.2) is 0 Å². The van der Waals surface area contributed by atoms with Crippen molar-refractivity contribution in [2.24, 2.45) is 5.41 Å². The van der Waals surface area contributed by atoms with Crippen molar-refractivity contribution in [2.45, 2.75) is 59.1 Å². The number of nitrogens with zero attached hydrogens (tertiary/aromatic N) is 1. The first-order valence-corrected chi connectivity index (χ1v) is 9.91. The second-order valence-corrected chi connectivity index (χ2v) is 8.51. The van der Waals surface area contributed by atoms with Gasteiger partial charge in [-0.3, -0.25) is 4.98 Å². The van der Waals surface area contributed by atoms with Crippen LogP contribution in [0.25, 0.3) is 22.4 Å². The molecular weight excluding hydrogens is 338 g/mol. The van der Waals surface area contributed by atoms with E-state index in [4.69, 9.17) is 9.60 Å². The van der Waals surface area contributed by atoms with Crippen LogP contribution < -0.4 is 0 Å². The highest BCUT2D eigenvalue weighted by Gasteiger charge is 2.27. The van der Waals surface area contributed by atoms with Gasteiger partial charge in [0, 0.05) is 21.4 Å². The van der Waals surface area contributed by atoms with E-state index in [9.17, 15) is 0 Å².